The Hall–Kier alpha value is -5.83. The lowest BCUT2D eigenvalue weighted by Gasteiger charge is -2.32. The fraction of sp³-hybridized carbons (Fsp3) is 0.348. The zero-order valence-corrected chi connectivity index (χ0v) is 36.5. The van der Waals surface area contributed by atoms with Crippen LogP contribution in [0.3, 0.4) is 0 Å². The molecule has 0 aliphatic carbocycles. The molecule has 6 rings (SSSR count). The second-order valence-electron chi connectivity index (χ2n) is 14.9. The Morgan fingerprint density at radius 3 is 2.38 bits per heavy atom. The largest absolute Gasteiger partial charge is 0.461 e. The number of nitrogens with zero attached hydrogens (tertiary/aromatic N) is 5. The van der Waals surface area contributed by atoms with Crippen LogP contribution in [0.4, 0.5) is 9.80 Å². The first-order valence-corrected chi connectivity index (χ1v) is 21.6. The predicted octanol–water partition coefficient (Wildman–Crippen LogP) is 8.17. The quantitative estimate of drug-likeness (QED) is 0.0682. The average molecular weight is 867 g/mol. The normalized spacial score (nSPS) is 12.3. The zero-order valence-electron chi connectivity index (χ0n) is 34.9. The molecule has 1 aliphatic heterocycles. The Morgan fingerprint density at radius 2 is 1.66 bits per heavy atom. The summed E-state index contributed by atoms with van der Waals surface area (Å²) in [6.07, 6.45) is 4.96. The van der Waals surface area contributed by atoms with Gasteiger partial charge < -0.3 is 24.6 Å². The second-order valence-corrected chi connectivity index (χ2v) is 16.4. The van der Waals surface area contributed by atoms with E-state index in [-0.39, 0.29) is 49.6 Å². The number of ketones is 1. The van der Waals surface area contributed by atoms with Crippen LogP contribution in [0.5, 0.6) is 0 Å². The van der Waals surface area contributed by atoms with E-state index in [0.717, 1.165) is 40.1 Å². The van der Waals surface area contributed by atoms with Gasteiger partial charge in [0.15, 0.2) is 5.78 Å². The van der Waals surface area contributed by atoms with Crippen LogP contribution in [0.15, 0.2) is 91.3 Å². The van der Waals surface area contributed by atoms with Crippen LogP contribution in [0.1, 0.15) is 87.4 Å². The van der Waals surface area contributed by atoms with Crippen LogP contribution in [0.25, 0.3) is 5.69 Å². The molecule has 15 heteroatoms. The zero-order chi connectivity index (χ0) is 43.5. The van der Waals surface area contributed by atoms with Crippen LogP contribution >= 0.6 is 22.9 Å². The first kappa shape index (κ1) is 44.7. The average Bonchev–Trinajstić information content (AvgIpc) is 3.92. The van der Waals surface area contributed by atoms with Crippen molar-refractivity contribution < 1.29 is 33.4 Å². The highest BCUT2D eigenvalue weighted by molar-refractivity contribution is 7.17. The Bertz CT molecular complexity index is 2330. The van der Waals surface area contributed by atoms with Crippen molar-refractivity contribution in [3.63, 3.8) is 0 Å². The number of aromatic nitrogens is 2. The summed E-state index contributed by atoms with van der Waals surface area (Å²) >= 11 is 7.36. The summed E-state index contributed by atoms with van der Waals surface area (Å²) in [5, 5.41) is 8.44. The van der Waals surface area contributed by atoms with Crippen molar-refractivity contribution in [2.45, 2.75) is 71.7 Å². The number of likely N-dealkylation sites (N-methyl/N-ethyl adjacent to an activating group) is 1. The number of amides is 3. The number of benzene rings is 3. The smallest absolute Gasteiger partial charge is 0.409 e. The highest BCUT2D eigenvalue weighted by atomic mass is 35.5. The topological polar surface area (TPSA) is 143 Å². The SMILES string of the molecule is CCC(CC)N(CCN(C)C(=O)CCC(=O)OCc1ccccc1)Cc1cccc(C(=O)Nc2sc3c(c2C(=O)c2cnn(-c4ccc(Cl)cc4)c2)CCN(C(=O)OC)C3)c1. The van der Waals surface area contributed by atoms with Gasteiger partial charge in [0.05, 0.1) is 43.1 Å². The van der Waals surface area contributed by atoms with Gasteiger partial charge >= 0.3 is 12.1 Å². The van der Waals surface area contributed by atoms with Crippen LogP contribution in [0, 0.1) is 0 Å². The molecule has 61 heavy (non-hydrogen) atoms. The van der Waals surface area contributed by atoms with Crippen LogP contribution in [0.2, 0.25) is 5.02 Å². The number of rotatable bonds is 18. The summed E-state index contributed by atoms with van der Waals surface area (Å²) in [4.78, 5) is 72.5. The molecule has 0 spiro atoms. The second kappa shape index (κ2) is 21.1. The molecule has 0 atom stereocenters. The number of hydrogen-bond acceptors (Lipinski definition) is 10. The molecular formula is C46H51ClN6O7S. The molecule has 1 aliphatic rings. The van der Waals surface area contributed by atoms with Gasteiger partial charge in [0.25, 0.3) is 5.91 Å². The van der Waals surface area contributed by atoms with Crippen molar-refractivity contribution in [2.24, 2.45) is 0 Å². The van der Waals surface area contributed by atoms with E-state index in [9.17, 15) is 24.0 Å². The number of anilines is 1. The van der Waals surface area contributed by atoms with Crippen LogP contribution < -0.4 is 5.32 Å². The number of nitrogens with one attached hydrogen (secondary N) is 1. The third-order valence-electron chi connectivity index (χ3n) is 10.8. The van der Waals surface area contributed by atoms with Crippen molar-refractivity contribution in [1.29, 1.82) is 0 Å². The van der Waals surface area contributed by atoms with Gasteiger partial charge in [-0.05, 0) is 72.4 Å². The van der Waals surface area contributed by atoms with Crippen molar-refractivity contribution in [2.75, 3.05) is 39.1 Å². The lowest BCUT2D eigenvalue weighted by molar-refractivity contribution is -0.147. The highest BCUT2D eigenvalue weighted by Crippen LogP contribution is 2.39. The molecule has 13 nitrogen and oxygen atoms in total. The Balaban J connectivity index is 1.14. The maximum absolute atomic E-state index is 14.3. The van der Waals surface area contributed by atoms with Gasteiger partial charge in [-0.3, -0.25) is 24.1 Å². The molecule has 0 radical (unpaired) electrons. The van der Waals surface area contributed by atoms with E-state index in [4.69, 9.17) is 21.1 Å². The number of methoxy groups -OCH3 is 1. The summed E-state index contributed by atoms with van der Waals surface area (Å²) < 4.78 is 11.9. The van der Waals surface area contributed by atoms with E-state index in [1.807, 2.05) is 48.5 Å². The summed E-state index contributed by atoms with van der Waals surface area (Å²) in [6.45, 7) is 6.63. The van der Waals surface area contributed by atoms with E-state index in [0.29, 0.717) is 59.3 Å². The number of fused-ring (bicyclic) bond motifs is 1. The van der Waals surface area contributed by atoms with Gasteiger partial charge in [0.1, 0.15) is 11.6 Å². The standard InChI is InChI=1S/C46H51ClN6O7S/c1-5-36(6-2)51(24-23-50(3)40(54)19-20-41(55)60-30-31-11-8-7-9-12-31)27-32-13-10-14-33(25-32)44(57)49-45-42(38-21-22-52(46(58)59-4)29-39(38)61-45)43(56)34-26-48-53(28-34)37-17-15-35(47)16-18-37/h7-18,25-26,28,36H,5-6,19-24,27,29-30H2,1-4H3,(H,49,57). The van der Waals surface area contributed by atoms with Gasteiger partial charge in [0, 0.05) is 67.3 Å². The van der Waals surface area contributed by atoms with Gasteiger partial charge in [-0.1, -0.05) is 67.9 Å². The molecule has 5 aromatic rings. The summed E-state index contributed by atoms with van der Waals surface area (Å²) in [5.41, 5.74) is 4.47. The van der Waals surface area contributed by atoms with E-state index < -0.39 is 12.1 Å². The molecule has 320 valence electrons. The minimum Gasteiger partial charge on any atom is -0.461 e. The number of thiophene rings is 1. The Labute approximate surface area is 365 Å². The maximum atomic E-state index is 14.3. The van der Waals surface area contributed by atoms with Gasteiger partial charge in [-0.2, -0.15) is 5.10 Å². The fourth-order valence-electron chi connectivity index (χ4n) is 7.37. The maximum Gasteiger partial charge on any atom is 0.409 e. The third-order valence-corrected chi connectivity index (χ3v) is 12.2. The van der Waals surface area contributed by atoms with Gasteiger partial charge in [-0.25, -0.2) is 9.48 Å². The number of ether oxygens (including phenoxy) is 2. The van der Waals surface area contributed by atoms with E-state index in [1.165, 1.54) is 24.6 Å². The first-order chi connectivity index (χ1) is 29.5. The lowest BCUT2D eigenvalue weighted by atomic mass is 9.97. The lowest BCUT2D eigenvalue weighted by Crippen LogP contribution is -2.41. The molecular weight excluding hydrogens is 816 g/mol. The molecule has 0 saturated carbocycles. The van der Waals surface area contributed by atoms with Gasteiger partial charge in [0.2, 0.25) is 5.91 Å². The molecule has 3 heterocycles. The van der Waals surface area contributed by atoms with E-state index >= 15 is 0 Å². The van der Waals surface area contributed by atoms with Crippen molar-refractivity contribution in [1.82, 2.24) is 24.5 Å². The number of carbonyl (C=O) groups excluding carboxylic acids is 5. The first-order valence-electron chi connectivity index (χ1n) is 20.4. The van der Waals surface area contributed by atoms with Crippen molar-refractivity contribution >= 4 is 57.6 Å². The molecule has 0 bridgehead atoms. The van der Waals surface area contributed by atoms with Crippen molar-refractivity contribution in [3.05, 3.63) is 135 Å². The van der Waals surface area contributed by atoms with Crippen LogP contribution in [-0.2, 0) is 45.2 Å². The predicted molar refractivity (Wildman–Crippen MR) is 235 cm³/mol. The third kappa shape index (κ3) is 11.5. The summed E-state index contributed by atoms with van der Waals surface area (Å²) in [7, 11) is 3.08. The number of esters is 1. The molecule has 2 aromatic heterocycles. The van der Waals surface area contributed by atoms with Crippen LogP contribution in [-0.4, -0.2) is 94.0 Å². The molecule has 3 amide bonds. The minimum atomic E-state index is -0.462. The summed E-state index contributed by atoms with van der Waals surface area (Å²) in [5.74, 6) is -1.22. The summed E-state index contributed by atoms with van der Waals surface area (Å²) in [6, 6.07) is 24.1. The van der Waals surface area contributed by atoms with Crippen molar-refractivity contribution in [3.8, 4) is 5.69 Å². The Kier molecular flexibility index (Phi) is 15.5. The Morgan fingerprint density at radius 1 is 0.918 bits per heavy atom. The monoisotopic (exact) mass is 866 g/mol. The molecule has 3 aromatic carbocycles. The molecule has 1 N–H and O–H groups in total. The fourth-order valence-corrected chi connectivity index (χ4v) is 8.75. The van der Waals surface area contributed by atoms with E-state index in [1.54, 1.807) is 58.1 Å². The van der Waals surface area contributed by atoms with E-state index in [2.05, 4.69) is 29.2 Å². The minimum absolute atomic E-state index is 0.00581. The highest BCUT2D eigenvalue weighted by Gasteiger charge is 2.32. The molecule has 0 saturated heterocycles. The number of halogens is 1. The number of hydrogen-bond donors (Lipinski definition) is 1. The molecule has 0 unspecified atom stereocenters. The molecule has 0 fully saturated rings. The van der Waals surface area contributed by atoms with Gasteiger partial charge in [-0.15, -0.1) is 11.3 Å². The number of carbonyl (C=O) groups is 5.